The van der Waals surface area contributed by atoms with Gasteiger partial charge in [0.15, 0.2) is 0 Å². The van der Waals surface area contributed by atoms with Gasteiger partial charge in [-0.3, -0.25) is 10.1 Å². The second-order valence-corrected chi connectivity index (χ2v) is 9.43. The average Bonchev–Trinajstić information content (AvgIpc) is 3.30. The lowest BCUT2D eigenvalue weighted by atomic mass is 10.1. The van der Waals surface area contributed by atoms with E-state index < -0.39 is 14.9 Å². The number of nitro benzene ring substituents is 1. The summed E-state index contributed by atoms with van der Waals surface area (Å²) in [6, 6.07) is 5.73. The molecule has 160 valence electrons. The molecular formula is C19H24N6O4S. The average molecular weight is 433 g/mol. The van der Waals surface area contributed by atoms with E-state index in [1.165, 1.54) is 16.4 Å². The maximum absolute atomic E-state index is 13.2. The minimum atomic E-state index is -3.81. The minimum Gasteiger partial charge on any atom is -0.379 e. The molecule has 0 aliphatic carbocycles. The van der Waals surface area contributed by atoms with Crippen LogP contribution in [-0.2, 0) is 10.0 Å². The van der Waals surface area contributed by atoms with E-state index >= 15 is 0 Å². The number of rotatable bonds is 6. The standard InChI is InChI=1S/C19H24N6O4S/c26-25(27)16-6-7-17(18(13-16)30(28,29)24-11-1-2-12-24)22-15-5-3-10-23(14-15)19-20-8-4-9-21-19/h4,6-9,13,15,22H,1-3,5,10-12,14H2/t15-/m0/s1. The van der Waals surface area contributed by atoms with E-state index in [1.807, 2.05) is 0 Å². The number of non-ortho nitro benzene ring substituents is 1. The number of nitrogens with zero attached hydrogens (tertiary/aromatic N) is 5. The Hall–Kier alpha value is -2.79. The third-order valence-electron chi connectivity index (χ3n) is 5.47. The number of nitrogens with one attached hydrogen (secondary N) is 1. The first-order valence-corrected chi connectivity index (χ1v) is 11.5. The van der Waals surface area contributed by atoms with Crippen LogP contribution >= 0.6 is 0 Å². The van der Waals surface area contributed by atoms with Crippen LogP contribution in [-0.4, -0.2) is 59.8 Å². The maximum Gasteiger partial charge on any atom is 0.270 e. The second-order valence-electron chi connectivity index (χ2n) is 7.53. The van der Waals surface area contributed by atoms with Crippen molar-refractivity contribution in [3.63, 3.8) is 0 Å². The molecule has 2 aliphatic rings. The highest BCUT2D eigenvalue weighted by molar-refractivity contribution is 7.89. The zero-order valence-corrected chi connectivity index (χ0v) is 17.3. The predicted molar refractivity (Wildman–Crippen MR) is 112 cm³/mol. The summed E-state index contributed by atoms with van der Waals surface area (Å²) in [5.41, 5.74) is 0.162. The van der Waals surface area contributed by atoms with Crippen molar-refractivity contribution >= 4 is 27.3 Å². The molecule has 0 spiro atoms. The lowest BCUT2D eigenvalue weighted by Gasteiger charge is -2.34. The van der Waals surface area contributed by atoms with Crippen LogP contribution in [0.1, 0.15) is 25.7 Å². The zero-order valence-electron chi connectivity index (χ0n) is 16.5. The molecule has 2 fully saturated rings. The topological polar surface area (TPSA) is 122 Å². The SMILES string of the molecule is O=[N+]([O-])c1ccc(N[C@H]2CCCN(c3ncccn3)C2)c(S(=O)(=O)N2CCCC2)c1. The first-order valence-electron chi connectivity index (χ1n) is 10.0. The molecule has 2 aromatic rings. The molecule has 1 N–H and O–H groups in total. The summed E-state index contributed by atoms with van der Waals surface area (Å²) in [7, 11) is -3.81. The second kappa shape index (κ2) is 8.52. The van der Waals surface area contributed by atoms with E-state index in [0.29, 0.717) is 31.3 Å². The van der Waals surface area contributed by atoms with Gasteiger partial charge in [-0.25, -0.2) is 18.4 Å². The van der Waals surface area contributed by atoms with Gasteiger partial charge in [-0.1, -0.05) is 0 Å². The van der Waals surface area contributed by atoms with Crippen molar-refractivity contribution < 1.29 is 13.3 Å². The molecule has 0 saturated carbocycles. The van der Waals surface area contributed by atoms with E-state index in [4.69, 9.17) is 0 Å². The monoisotopic (exact) mass is 432 g/mol. The summed E-state index contributed by atoms with van der Waals surface area (Å²) in [4.78, 5) is 21.3. The van der Waals surface area contributed by atoms with Crippen LogP contribution in [0.5, 0.6) is 0 Å². The van der Waals surface area contributed by atoms with Crippen molar-refractivity contribution in [2.24, 2.45) is 0 Å². The molecule has 3 heterocycles. The smallest absolute Gasteiger partial charge is 0.270 e. The van der Waals surface area contributed by atoms with Crippen LogP contribution in [0.4, 0.5) is 17.3 Å². The largest absolute Gasteiger partial charge is 0.379 e. The van der Waals surface area contributed by atoms with Crippen molar-refractivity contribution in [2.45, 2.75) is 36.6 Å². The lowest BCUT2D eigenvalue weighted by Crippen LogP contribution is -2.43. The van der Waals surface area contributed by atoms with E-state index in [9.17, 15) is 18.5 Å². The normalized spacial score (nSPS) is 20.3. The van der Waals surface area contributed by atoms with Crippen molar-refractivity contribution in [3.05, 3.63) is 46.8 Å². The molecule has 0 unspecified atom stereocenters. The van der Waals surface area contributed by atoms with Crippen LogP contribution in [0.15, 0.2) is 41.6 Å². The molecule has 0 amide bonds. The number of sulfonamides is 1. The van der Waals surface area contributed by atoms with Crippen molar-refractivity contribution in [2.75, 3.05) is 36.4 Å². The van der Waals surface area contributed by atoms with Gasteiger partial charge in [-0.05, 0) is 37.8 Å². The van der Waals surface area contributed by atoms with Gasteiger partial charge < -0.3 is 10.2 Å². The number of hydrogen-bond acceptors (Lipinski definition) is 8. The van der Waals surface area contributed by atoms with Gasteiger partial charge in [0.25, 0.3) is 5.69 Å². The van der Waals surface area contributed by atoms with Crippen LogP contribution in [0.2, 0.25) is 0 Å². The maximum atomic E-state index is 13.2. The molecule has 10 nitrogen and oxygen atoms in total. The van der Waals surface area contributed by atoms with Crippen molar-refractivity contribution in [1.82, 2.24) is 14.3 Å². The molecule has 0 radical (unpaired) electrons. The van der Waals surface area contributed by atoms with Gasteiger partial charge in [-0.15, -0.1) is 0 Å². The minimum absolute atomic E-state index is 0.0310. The Labute approximate surface area is 175 Å². The first kappa shape index (κ1) is 20.5. The summed E-state index contributed by atoms with van der Waals surface area (Å²) < 4.78 is 27.8. The fraction of sp³-hybridized carbons (Fsp3) is 0.474. The molecule has 1 atom stereocenters. The highest BCUT2D eigenvalue weighted by atomic mass is 32.2. The highest BCUT2D eigenvalue weighted by Crippen LogP contribution is 2.32. The fourth-order valence-corrected chi connectivity index (χ4v) is 5.67. The van der Waals surface area contributed by atoms with E-state index in [1.54, 1.807) is 18.5 Å². The number of benzene rings is 1. The Morgan fingerprint density at radius 3 is 2.53 bits per heavy atom. The molecular weight excluding hydrogens is 408 g/mol. The molecule has 4 rings (SSSR count). The Balaban J connectivity index is 1.61. The van der Waals surface area contributed by atoms with Crippen molar-refractivity contribution in [1.29, 1.82) is 0 Å². The van der Waals surface area contributed by atoms with E-state index in [2.05, 4.69) is 20.2 Å². The third kappa shape index (κ3) is 4.21. The predicted octanol–water partition coefficient (Wildman–Crippen LogP) is 2.25. The molecule has 0 bridgehead atoms. The fourth-order valence-electron chi connectivity index (χ4n) is 3.98. The lowest BCUT2D eigenvalue weighted by molar-refractivity contribution is -0.385. The van der Waals surface area contributed by atoms with E-state index in [-0.39, 0.29) is 16.6 Å². The van der Waals surface area contributed by atoms with Crippen LogP contribution < -0.4 is 10.2 Å². The van der Waals surface area contributed by atoms with Crippen molar-refractivity contribution in [3.8, 4) is 0 Å². The molecule has 1 aromatic carbocycles. The highest BCUT2D eigenvalue weighted by Gasteiger charge is 2.32. The van der Waals surface area contributed by atoms with Gasteiger partial charge in [-0.2, -0.15) is 4.31 Å². The van der Waals surface area contributed by atoms with Gasteiger partial charge in [0.05, 0.1) is 10.6 Å². The Bertz CT molecular complexity index is 1010. The Morgan fingerprint density at radius 1 is 1.10 bits per heavy atom. The number of nitro groups is 1. The molecule has 1 aromatic heterocycles. The van der Waals surface area contributed by atoms with Crippen LogP contribution in [0.3, 0.4) is 0 Å². The summed E-state index contributed by atoms with van der Waals surface area (Å²) in [6.45, 7) is 2.31. The number of aromatic nitrogens is 2. The summed E-state index contributed by atoms with van der Waals surface area (Å²) in [6.07, 6.45) is 6.73. The van der Waals surface area contributed by atoms with Gasteiger partial charge in [0.2, 0.25) is 16.0 Å². The number of anilines is 2. The summed E-state index contributed by atoms with van der Waals surface area (Å²) >= 11 is 0. The molecule has 30 heavy (non-hydrogen) atoms. The number of hydrogen-bond donors (Lipinski definition) is 1. The first-order chi connectivity index (χ1) is 14.4. The zero-order chi connectivity index (χ0) is 21.1. The van der Waals surface area contributed by atoms with Gasteiger partial charge in [0, 0.05) is 56.7 Å². The molecule has 2 saturated heterocycles. The van der Waals surface area contributed by atoms with Crippen LogP contribution in [0, 0.1) is 10.1 Å². The molecule has 2 aliphatic heterocycles. The van der Waals surface area contributed by atoms with Gasteiger partial charge in [0.1, 0.15) is 4.90 Å². The van der Waals surface area contributed by atoms with Crippen LogP contribution in [0.25, 0.3) is 0 Å². The summed E-state index contributed by atoms with van der Waals surface area (Å²) in [5, 5.41) is 14.6. The molecule has 11 heteroatoms. The Kier molecular flexibility index (Phi) is 5.82. The quantitative estimate of drug-likeness (QED) is 0.545. The van der Waals surface area contributed by atoms with Gasteiger partial charge >= 0.3 is 0 Å². The Morgan fingerprint density at radius 2 is 1.83 bits per heavy atom. The number of piperidine rings is 1. The van der Waals surface area contributed by atoms with E-state index in [0.717, 1.165) is 38.3 Å². The summed E-state index contributed by atoms with van der Waals surface area (Å²) in [5.74, 6) is 0.637. The third-order valence-corrected chi connectivity index (χ3v) is 7.41.